The summed E-state index contributed by atoms with van der Waals surface area (Å²) in [5.41, 5.74) is 6.02. The summed E-state index contributed by atoms with van der Waals surface area (Å²) in [5.74, 6) is 0.411. The highest BCUT2D eigenvalue weighted by atomic mass is 35.5. The molecule has 2 aromatic heterocycles. The largest absolute Gasteiger partial charge is 0.370 e. The fraction of sp³-hybridized carbons (Fsp3) is 0.417. The minimum Gasteiger partial charge on any atom is -0.370 e. The molecule has 1 aromatic carbocycles. The van der Waals surface area contributed by atoms with E-state index in [0.29, 0.717) is 16.7 Å². The molecule has 0 atom stereocenters. The summed E-state index contributed by atoms with van der Waals surface area (Å²) in [6.45, 7) is 9.75. The molecule has 3 aromatic rings. The molecule has 1 amide bonds. The molecule has 1 saturated heterocycles. The number of aryl methyl sites for hydroxylation is 3. The fourth-order valence-electron chi connectivity index (χ4n) is 4.27. The normalized spacial score (nSPS) is 14.0. The molecule has 3 heterocycles. The van der Waals surface area contributed by atoms with Crippen LogP contribution in [0.15, 0.2) is 24.3 Å². The van der Waals surface area contributed by atoms with Gasteiger partial charge in [-0.25, -0.2) is 14.6 Å². The number of halogens is 1. The smallest absolute Gasteiger partial charge is 0.251 e. The molecular formula is C24H29ClN6O. The van der Waals surface area contributed by atoms with Gasteiger partial charge in [0.25, 0.3) is 5.95 Å². The van der Waals surface area contributed by atoms with E-state index in [-0.39, 0.29) is 12.3 Å². The highest BCUT2D eigenvalue weighted by Crippen LogP contribution is 2.31. The van der Waals surface area contributed by atoms with Crippen molar-refractivity contribution < 1.29 is 4.79 Å². The van der Waals surface area contributed by atoms with Gasteiger partial charge in [-0.05, 0) is 71.2 Å². The number of anilines is 2. The molecule has 0 radical (unpaired) electrons. The molecule has 0 saturated carbocycles. The van der Waals surface area contributed by atoms with Crippen LogP contribution in [0.4, 0.5) is 11.4 Å². The average molecular weight is 453 g/mol. The number of aromatic nitrogens is 4. The Morgan fingerprint density at radius 2 is 1.72 bits per heavy atom. The lowest BCUT2D eigenvalue weighted by molar-refractivity contribution is -0.115. The molecule has 0 bridgehead atoms. The maximum absolute atomic E-state index is 12.8. The van der Waals surface area contributed by atoms with E-state index >= 15 is 0 Å². The minimum atomic E-state index is -0.112. The van der Waals surface area contributed by atoms with Crippen molar-refractivity contribution in [3.63, 3.8) is 0 Å². The van der Waals surface area contributed by atoms with Gasteiger partial charge in [0, 0.05) is 41.4 Å². The first-order valence-corrected chi connectivity index (χ1v) is 11.4. The number of carbonyl (C=O) groups is 1. The van der Waals surface area contributed by atoms with Crippen molar-refractivity contribution >= 4 is 28.9 Å². The van der Waals surface area contributed by atoms with Crippen molar-refractivity contribution in [2.75, 3.05) is 23.3 Å². The van der Waals surface area contributed by atoms with Crippen LogP contribution >= 0.6 is 11.6 Å². The molecule has 32 heavy (non-hydrogen) atoms. The van der Waals surface area contributed by atoms with Gasteiger partial charge in [-0.3, -0.25) is 4.79 Å². The van der Waals surface area contributed by atoms with Gasteiger partial charge in [0.15, 0.2) is 0 Å². The quantitative estimate of drug-likeness (QED) is 0.606. The van der Waals surface area contributed by atoms with Crippen LogP contribution in [0.25, 0.3) is 5.95 Å². The van der Waals surface area contributed by atoms with Crippen molar-refractivity contribution in [2.24, 2.45) is 0 Å². The van der Waals surface area contributed by atoms with E-state index < -0.39 is 0 Å². The summed E-state index contributed by atoms with van der Waals surface area (Å²) in [7, 11) is 0. The van der Waals surface area contributed by atoms with Gasteiger partial charge >= 0.3 is 0 Å². The van der Waals surface area contributed by atoms with E-state index in [1.165, 1.54) is 19.3 Å². The highest BCUT2D eigenvalue weighted by molar-refractivity contribution is 6.33. The predicted octanol–water partition coefficient (Wildman–Crippen LogP) is 4.72. The zero-order valence-electron chi connectivity index (χ0n) is 19.1. The number of nitrogens with zero attached hydrogens (tertiary/aromatic N) is 5. The zero-order chi connectivity index (χ0) is 22.8. The van der Waals surface area contributed by atoms with Gasteiger partial charge in [0.1, 0.15) is 0 Å². The van der Waals surface area contributed by atoms with E-state index in [1.54, 1.807) is 4.68 Å². The summed E-state index contributed by atoms with van der Waals surface area (Å²) in [5, 5.41) is 8.22. The number of benzene rings is 1. The third-order valence-electron chi connectivity index (χ3n) is 5.87. The molecule has 8 heteroatoms. The average Bonchev–Trinajstić information content (AvgIpc) is 3.02. The van der Waals surface area contributed by atoms with Crippen LogP contribution in [0.5, 0.6) is 0 Å². The van der Waals surface area contributed by atoms with Crippen LogP contribution in [-0.2, 0) is 11.2 Å². The second-order valence-electron chi connectivity index (χ2n) is 8.45. The lowest BCUT2D eigenvalue weighted by Crippen LogP contribution is -2.29. The summed E-state index contributed by atoms with van der Waals surface area (Å²) in [6, 6.07) is 7.66. The summed E-state index contributed by atoms with van der Waals surface area (Å²) < 4.78 is 1.71. The van der Waals surface area contributed by atoms with E-state index in [2.05, 4.69) is 25.3 Å². The van der Waals surface area contributed by atoms with Crippen LogP contribution in [0.2, 0.25) is 5.02 Å². The van der Waals surface area contributed by atoms with E-state index in [0.717, 1.165) is 47.1 Å². The first-order valence-electron chi connectivity index (χ1n) is 11.0. The first kappa shape index (κ1) is 22.3. The number of carbonyl (C=O) groups excluding carboxylic acids is 1. The summed E-state index contributed by atoms with van der Waals surface area (Å²) in [6.07, 6.45) is 3.87. The predicted molar refractivity (Wildman–Crippen MR) is 128 cm³/mol. The second-order valence-corrected chi connectivity index (χ2v) is 8.86. The van der Waals surface area contributed by atoms with E-state index in [4.69, 9.17) is 11.6 Å². The number of nitrogens with one attached hydrogen (secondary N) is 1. The molecule has 1 aliphatic rings. The van der Waals surface area contributed by atoms with Crippen LogP contribution in [0.1, 0.15) is 47.6 Å². The molecule has 0 aliphatic carbocycles. The molecule has 4 rings (SSSR count). The van der Waals surface area contributed by atoms with Crippen LogP contribution in [0.3, 0.4) is 0 Å². The molecule has 0 unspecified atom stereocenters. The van der Waals surface area contributed by atoms with Crippen LogP contribution in [0, 0.1) is 27.7 Å². The van der Waals surface area contributed by atoms with Crippen molar-refractivity contribution in [1.82, 2.24) is 19.7 Å². The molecule has 1 N–H and O–H groups in total. The third-order valence-corrected chi connectivity index (χ3v) is 6.17. The standard InChI is InChI=1S/C24H29ClN6O/c1-15-12-16(2)27-24(26-15)31-18(4)20(17(3)29-31)14-23(32)28-19-8-9-22(21(25)13-19)30-10-6-5-7-11-30/h8-9,12-13H,5-7,10-11,14H2,1-4H3,(H,28,32). The second kappa shape index (κ2) is 9.28. The number of piperidine rings is 1. The molecule has 0 spiro atoms. The maximum atomic E-state index is 12.8. The Labute approximate surface area is 193 Å². The SMILES string of the molecule is Cc1cc(C)nc(-n2nc(C)c(CC(=O)Nc3ccc(N4CCCCC4)c(Cl)c3)c2C)n1. The van der Waals surface area contributed by atoms with Gasteiger partial charge in [-0.15, -0.1) is 0 Å². The summed E-state index contributed by atoms with van der Waals surface area (Å²) in [4.78, 5) is 24.1. The maximum Gasteiger partial charge on any atom is 0.251 e. The number of hydrogen-bond donors (Lipinski definition) is 1. The summed E-state index contributed by atoms with van der Waals surface area (Å²) >= 11 is 6.53. The van der Waals surface area contributed by atoms with Crippen molar-refractivity contribution in [3.8, 4) is 5.95 Å². The Hall–Kier alpha value is -2.93. The lowest BCUT2D eigenvalue weighted by Gasteiger charge is -2.29. The van der Waals surface area contributed by atoms with Gasteiger partial charge < -0.3 is 10.2 Å². The van der Waals surface area contributed by atoms with Gasteiger partial charge in [0.05, 0.1) is 22.8 Å². The molecule has 1 fully saturated rings. The van der Waals surface area contributed by atoms with Crippen molar-refractivity contribution in [1.29, 1.82) is 0 Å². The molecule has 7 nitrogen and oxygen atoms in total. The number of amides is 1. The van der Waals surface area contributed by atoms with Crippen molar-refractivity contribution in [2.45, 2.75) is 53.4 Å². The Morgan fingerprint density at radius 1 is 1.03 bits per heavy atom. The Balaban J connectivity index is 1.49. The van der Waals surface area contributed by atoms with Gasteiger partial charge in [-0.2, -0.15) is 5.10 Å². The minimum absolute atomic E-state index is 0.112. The Kier molecular flexibility index (Phi) is 6.46. The topological polar surface area (TPSA) is 75.9 Å². The lowest BCUT2D eigenvalue weighted by atomic mass is 10.1. The Bertz CT molecular complexity index is 1130. The number of rotatable bonds is 5. The van der Waals surface area contributed by atoms with Crippen molar-refractivity contribution in [3.05, 3.63) is 57.6 Å². The van der Waals surface area contributed by atoms with Gasteiger partial charge in [0.2, 0.25) is 5.91 Å². The Morgan fingerprint density at radius 3 is 2.38 bits per heavy atom. The number of hydrogen-bond acceptors (Lipinski definition) is 5. The third kappa shape index (κ3) is 4.78. The van der Waals surface area contributed by atoms with Crippen LogP contribution in [-0.4, -0.2) is 38.7 Å². The van der Waals surface area contributed by atoms with E-state index in [9.17, 15) is 4.79 Å². The van der Waals surface area contributed by atoms with Gasteiger partial charge in [-0.1, -0.05) is 11.6 Å². The monoisotopic (exact) mass is 452 g/mol. The fourth-order valence-corrected chi connectivity index (χ4v) is 4.57. The highest BCUT2D eigenvalue weighted by Gasteiger charge is 2.19. The molecule has 1 aliphatic heterocycles. The van der Waals surface area contributed by atoms with E-state index in [1.807, 2.05) is 52.0 Å². The molecule has 168 valence electrons. The van der Waals surface area contributed by atoms with Crippen LogP contribution < -0.4 is 10.2 Å². The zero-order valence-corrected chi connectivity index (χ0v) is 19.8. The first-order chi connectivity index (χ1) is 15.3. The molecular weight excluding hydrogens is 424 g/mol.